The van der Waals surface area contributed by atoms with Crippen LogP contribution in [0.3, 0.4) is 0 Å². The van der Waals surface area contributed by atoms with E-state index in [0.717, 1.165) is 66.5 Å². The molecule has 4 aromatic rings. The summed E-state index contributed by atoms with van der Waals surface area (Å²) in [5, 5.41) is 8.48. The zero-order valence-corrected chi connectivity index (χ0v) is 22.7. The highest BCUT2D eigenvalue weighted by atomic mass is 32.2. The van der Waals surface area contributed by atoms with Gasteiger partial charge in [-0.3, -0.25) is 4.72 Å². The second-order valence-electron chi connectivity index (χ2n) is 10.4. The molecule has 0 spiro atoms. The first-order chi connectivity index (χ1) is 18.9. The van der Waals surface area contributed by atoms with Crippen LogP contribution in [-0.2, 0) is 10.0 Å². The van der Waals surface area contributed by atoms with E-state index >= 15 is 0 Å². The smallest absolute Gasteiger partial charge is 0.246 e. The van der Waals surface area contributed by atoms with Crippen molar-refractivity contribution in [1.29, 1.82) is 0 Å². The molecule has 2 aliphatic rings. The molecular weight excluding hydrogens is 512 g/mol. The number of hydrogen-bond acceptors (Lipinski definition) is 8. The number of nitrogens with zero attached hydrogens (tertiary/aromatic N) is 3. The van der Waals surface area contributed by atoms with Crippen LogP contribution in [0.2, 0.25) is 0 Å². The highest BCUT2D eigenvalue weighted by Gasteiger charge is 2.28. The number of piperidine rings is 1. The Labute approximate surface area is 228 Å². The van der Waals surface area contributed by atoms with Crippen molar-refractivity contribution >= 4 is 32.3 Å². The number of benzene rings is 2. The van der Waals surface area contributed by atoms with Crippen LogP contribution in [0, 0.1) is 12.8 Å². The second-order valence-corrected chi connectivity index (χ2v) is 12.1. The van der Waals surface area contributed by atoms with Crippen molar-refractivity contribution in [3.8, 4) is 22.9 Å². The van der Waals surface area contributed by atoms with Gasteiger partial charge < -0.3 is 15.4 Å². The van der Waals surface area contributed by atoms with Gasteiger partial charge in [0.05, 0.1) is 11.4 Å². The number of sulfonamides is 1. The fourth-order valence-electron chi connectivity index (χ4n) is 5.05. The molecule has 0 radical (unpaired) electrons. The Balaban J connectivity index is 1.32. The summed E-state index contributed by atoms with van der Waals surface area (Å²) in [6.45, 7) is 3.86. The predicted octanol–water partition coefficient (Wildman–Crippen LogP) is 5.11. The van der Waals surface area contributed by atoms with Crippen LogP contribution >= 0.6 is 0 Å². The van der Waals surface area contributed by atoms with Crippen molar-refractivity contribution in [3.05, 3.63) is 66.6 Å². The van der Waals surface area contributed by atoms with E-state index in [1.165, 1.54) is 0 Å². The van der Waals surface area contributed by atoms with Crippen LogP contribution in [0.1, 0.15) is 31.2 Å². The topological polar surface area (TPSA) is 118 Å². The Bertz CT molecular complexity index is 1600. The number of aromatic nitrogens is 3. The molecule has 9 nitrogen and oxygen atoms in total. The molecule has 202 valence electrons. The molecule has 1 aliphatic heterocycles. The number of rotatable bonds is 9. The maximum absolute atomic E-state index is 12.8. The maximum atomic E-state index is 12.8. The van der Waals surface area contributed by atoms with Crippen molar-refractivity contribution in [2.75, 3.05) is 28.9 Å². The van der Waals surface area contributed by atoms with Crippen LogP contribution in [0.4, 0.5) is 11.5 Å². The summed E-state index contributed by atoms with van der Waals surface area (Å²) in [6.07, 6.45) is 9.18. The number of nitrogens with one attached hydrogen (secondary N) is 3. The molecule has 1 saturated carbocycles. The SMILES string of the molecule is Cc1cc(NS(=O)(=O)CC2CC2)c2ccccc2c1Oc1nccnc1-c1ccnc(NC2CCCNC2)c1. The number of hydrogen-bond donors (Lipinski definition) is 3. The van der Waals surface area contributed by atoms with Gasteiger partial charge in [-0.2, -0.15) is 0 Å². The lowest BCUT2D eigenvalue weighted by molar-refractivity contribution is 0.464. The summed E-state index contributed by atoms with van der Waals surface area (Å²) in [4.78, 5) is 13.6. The van der Waals surface area contributed by atoms with E-state index in [2.05, 4.69) is 30.3 Å². The number of aryl methyl sites for hydroxylation is 1. The maximum Gasteiger partial charge on any atom is 0.246 e. The molecule has 0 amide bonds. The quantitative estimate of drug-likeness (QED) is 0.266. The Morgan fingerprint density at radius 2 is 1.82 bits per heavy atom. The number of pyridine rings is 1. The van der Waals surface area contributed by atoms with E-state index in [0.29, 0.717) is 29.1 Å². The minimum Gasteiger partial charge on any atom is -0.436 e. The lowest BCUT2D eigenvalue weighted by atomic mass is 10.0. The lowest BCUT2D eigenvalue weighted by Gasteiger charge is -2.24. The summed E-state index contributed by atoms with van der Waals surface area (Å²) >= 11 is 0. The van der Waals surface area contributed by atoms with E-state index in [9.17, 15) is 8.42 Å². The third-order valence-electron chi connectivity index (χ3n) is 7.14. The molecule has 1 atom stereocenters. The van der Waals surface area contributed by atoms with Crippen molar-refractivity contribution in [1.82, 2.24) is 20.3 Å². The Hall–Kier alpha value is -3.76. The summed E-state index contributed by atoms with van der Waals surface area (Å²) in [5.41, 5.74) is 2.78. The van der Waals surface area contributed by atoms with Gasteiger partial charge in [0.2, 0.25) is 15.9 Å². The molecule has 1 aliphatic carbocycles. The number of anilines is 2. The van der Waals surface area contributed by atoms with Gasteiger partial charge >= 0.3 is 0 Å². The summed E-state index contributed by atoms with van der Waals surface area (Å²) in [7, 11) is -3.44. The zero-order chi connectivity index (χ0) is 26.8. The summed E-state index contributed by atoms with van der Waals surface area (Å²) in [6, 6.07) is 13.6. The van der Waals surface area contributed by atoms with E-state index < -0.39 is 10.0 Å². The van der Waals surface area contributed by atoms with Crippen molar-refractivity contribution in [2.24, 2.45) is 5.92 Å². The molecule has 1 saturated heterocycles. The number of ether oxygens (including phenoxy) is 1. The number of fused-ring (bicyclic) bond motifs is 1. The van der Waals surface area contributed by atoms with E-state index in [-0.39, 0.29) is 11.7 Å². The molecule has 0 bridgehead atoms. The Morgan fingerprint density at radius 3 is 2.62 bits per heavy atom. The predicted molar refractivity (Wildman–Crippen MR) is 154 cm³/mol. The molecule has 2 aromatic heterocycles. The van der Waals surface area contributed by atoms with Gasteiger partial charge in [0, 0.05) is 47.5 Å². The van der Waals surface area contributed by atoms with Gasteiger partial charge in [0.1, 0.15) is 17.3 Å². The molecule has 3 heterocycles. The van der Waals surface area contributed by atoms with E-state index in [4.69, 9.17) is 4.74 Å². The van der Waals surface area contributed by atoms with Crippen LogP contribution in [0.25, 0.3) is 22.0 Å². The third-order valence-corrected chi connectivity index (χ3v) is 8.59. The fraction of sp³-hybridized carbons (Fsp3) is 0.345. The Morgan fingerprint density at radius 1 is 1.00 bits per heavy atom. The van der Waals surface area contributed by atoms with Gasteiger partial charge in [-0.05, 0) is 68.8 Å². The normalized spacial score (nSPS) is 17.6. The van der Waals surface area contributed by atoms with Gasteiger partial charge in [0.15, 0.2) is 0 Å². The minimum atomic E-state index is -3.44. The molecular formula is C29H32N6O3S. The molecule has 2 aromatic carbocycles. The van der Waals surface area contributed by atoms with Crippen LogP contribution < -0.4 is 20.1 Å². The van der Waals surface area contributed by atoms with Crippen molar-refractivity contribution in [2.45, 2.75) is 38.6 Å². The summed E-state index contributed by atoms with van der Waals surface area (Å²) < 4.78 is 34.8. The molecule has 6 rings (SSSR count). The first kappa shape index (κ1) is 25.5. The minimum absolute atomic E-state index is 0.154. The Kier molecular flexibility index (Phi) is 7.05. The lowest BCUT2D eigenvalue weighted by Crippen LogP contribution is -2.38. The van der Waals surface area contributed by atoms with Crippen molar-refractivity contribution < 1.29 is 13.2 Å². The monoisotopic (exact) mass is 544 g/mol. The largest absolute Gasteiger partial charge is 0.436 e. The average Bonchev–Trinajstić information content (AvgIpc) is 3.75. The first-order valence-corrected chi connectivity index (χ1v) is 15.1. The molecule has 2 fully saturated rings. The summed E-state index contributed by atoms with van der Waals surface area (Å²) in [5.74, 6) is 2.17. The van der Waals surface area contributed by atoms with Gasteiger partial charge in [-0.15, -0.1) is 0 Å². The molecule has 10 heteroatoms. The highest BCUT2D eigenvalue weighted by molar-refractivity contribution is 7.92. The molecule has 39 heavy (non-hydrogen) atoms. The van der Waals surface area contributed by atoms with Crippen molar-refractivity contribution in [3.63, 3.8) is 0 Å². The van der Waals surface area contributed by atoms with E-state index in [1.807, 2.05) is 49.4 Å². The second kappa shape index (κ2) is 10.8. The first-order valence-electron chi connectivity index (χ1n) is 13.4. The van der Waals surface area contributed by atoms with Gasteiger partial charge in [-0.1, -0.05) is 24.3 Å². The standard InChI is InChI=1S/C29H32N6O3S/c1-19-15-25(35-39(36,37)18-20-8-9-20)23-6-2-3-7-24(23)28(19)38-29-27(32-13-14-33-29)21-10-12-31-26(16-21)34-22-5-4-11-30-17-22/h2-3,6-7,10,12-16,20,22,30,35H,4-5,8-9,11,17-18H2,1H3,(H,31,34). The zero-order valence-electron chi connectivity index (χ0n) is 21.9. The van der Waals surface area contributed by atoms with Crippen LogP contribution in [-0.4, -0.2) is 48.3 Å². The molecule has 1 unspecified atom stereocenters. The van der Waals surface area contributed by atoms with Gasteiger partial charge in [0.25, 0.3) is 0 Å². The van der Waals surface area contributed by atoms with Crippen LogP contribution in [0.5, 0.6) is 11.6 Å². The van der Waals surface area contributed by atoms with E-state index in [1.54, 1.807) is 18.6 Å². The van der Waals surface area contributed by atoms with Crippen LogP contribution in [0.15, 0.2) is 61.1 Å². The van der Waals surface area contributed by atoms with Gasteiger partial charge in [-0.25, -0.2) is 23.4 Å². The highest BCUT2D eigenvalue weighted by Crippen LogP contribution is 2.40. The molecule has 3 N–H and O–H groups in total. The fourth-order valence-corrected chi connectivity index (χ4v) is 6.59. The third kappa shape index (κ3) is 5.97. The average molecular weight is 545 g/mol.